The first-order chi connectivity index (χ1) is 12.0. The summed E-state index contributed by atoms with van der Waals surface area (Å²) >= 11 is 0. The van der Waals surface area contributed by atoms with Crippen molar-refractivity contribution in [3.63, 3.8) is 0 Å². The molecular formula is C18H14N2O5. The van der Waals surface area contributed by atoms with Gasteiger partial charge in [-0.25, -0.2) is 9.78 Å². The summed E-state index contributed by atoms with van der Waals surface area (Å²) in [6.45, 7) is 1.29. The maximum absolute atomic E-state index is 12.3. The first-order valence-corrected chi connectivity index (χ1v) is 7.39. The van der Waals surface area contributed by atoms with Crippen LogP contribution in [0.25, 0.3) is 22.3 Å². The molecule has 7 heteroatoms. The molecule has 1 heterocycles. The topological polar surface area (TPSA) is 98.3 Å². The predicted octanol–water partition coefficient (Wildman–Crippen LogP) is 2.30. The van der Waals surface area contributed by atoms with Gasteiger partial charge in [-0.3, -0.25) is 9.59 Å². The zero-order chi connectivity index (χ0) is 18.0. The van der Waals surface area contributed by atoms with Crippen LogP contribution in [0.4, 0.5) is 0 Å². The highest BCUT2D eigenvalue weighted by atomic mass is 16.5. The summed E-state index contributed by atoms with van der Waals surface area (Å²) in [6.07, 6.45) is 0. The SMILES string of the molecule is COC(=O)c1ccc(-c2nc3ccc(OC(C)=O)cc3c(=O)[nH]2)cc1. The van der Waals surface area contributed by atoms with Crippen molar-refractivity contribution in [2.75, 3.05) is 7.11 Å². The summed E-state index contributed by atoms with van der Waals surface area (Å²) in [5, 5.41) is 0.314. The van der Waals surface area contributed by atoms with Gasteiger partial charge in [0.25, 0.3) is 5.56 Å². The molecule has 25 heavy (non-hydrogen) atoms. The molecule has 0 spiro atoms. The molecule has 3 aromatic rings. The van der Waals surface area contributed by atoms with Gasteiger partial charge in [-0.05, 0) is 30.3 Å². The number of nitrogens with one attached hydrogen (secondary N) is 1. The molecule has 0 bridgehead atoms. The van der Waals surface area contributed by atoms with E-state index in [2.05, 4.69) is 14.7 Å². The van der Waals surface area contributed by atoms with Gasteiger partial charge in [0.2, 0.25) is 0 Å². The smallest absolute Gasteiger partial charge is 0.337 e. The predicted molar refractivity (Wildman–Crippen MR) is 90.4 cm³/mol. The molecular weight excluding hydrogens is 324 g/mol. The fraction of sp³-hybridized carbons (Fsp3) is 0.111. The van der Waals surface area contributed by atoms with Crippen LogP contribution in [-0.2, 0) is 9.53 Å². The minimum absolute atomic E-state index is 0.280. The number of hydrogen-bond donors (Lipinski definition) is 1. The molecule has 0 saturated heterocycles. The zero-order valence-corrected chi connectivity index (χ0v) is 13.5. The fourth-order valence-electron chi connectivity index (χ4n) is 2.37. The van der Waals surface area contributed by atoms with Crippen molar-refractivity contribution < 1.29 is 19.1 Å². The number of benzene rings is 2. The van der Waals surface area contributed by atoms with Crippen molar-refractivity contribution in [3.05, 3.63) is 58.4 Å². The number of esters is 2. The van der Waals surface area contributed by atoms with Gasteiger partial charge in [0.05, 0.1) is 23.6 Å². The van der Waals surface area contributed by atoms with Crippen molar-refractivity contribution in [2.45, 2.75) is 6.92 Å². The van der Waals surface area contributed by atoms with E-state index in [4.69, 9.17) is 4.74 Å². The number of carbonyl (C=O) groups is 2. The number of aromatic nitrogens is 2. The van der Waals surface area contributed by atoms with Crippen molar-refractivity contribution in [3.8, 4) is 17.1 Å². The van der Waals surface area contributed by atoms with E-state index < -0.39 is 11.9 Å². The van der Waals surface area contributed by atoms with Crippen molar-refractivity contribution in [2.24, 2.45) is 0 Å². The Kier molecular flexibility index (Phi) is 4.30. The number of rotatable bonds is 3. The molecule has 0 amide bonds. The average Bonchev–Trinajstić information content (AvgIpc) is 2.61. The van der Waals surface area contributed by atoms with Gasteiger partial charge in [-0.2, -0.15) is 0 Å². The number of aromatic amines is 1. The normalized spacial score (nSPS) is 10.5. The first-order valence-electron chi connectivity index (χ1n) is 7.39. The molecule has 0 radical (unpaired) electrons. The van der Waals surface area contributed by atoms with Crippen LogP contribution in [0, 0.1) is 0 Å². The number of ether oxygens (including phenoxy) is 2. The molecule has 0 fully saturated rings. The lowest BCUT2D eigenvalue weighted by Crippen LogP contribution is -2.10. The second kappa shape index (κ2) is 6.56. The van der Waals surface area contributed by atoms with Crippen molar-refractivity contribution in [1.82, 2.24) is 9.97 Å². The van der Waals surface area contributed by atoms with E-state index in [1.54, 1.807) is 36.4 Å². The Labute approximate surface area is 142 Å². The third kappa shape index (κ3) is 3.40. The van der Waals surface area contributed by atoms with Crippen molar-refractivity contribution in [1.29, 1.82) is 0 Å². The minimum Gasteiger partial charge on any atom is -0.465 e. The first kappa shape index (κ1) is 16.4. The quantitative estimate of drug-likeness (QED) is 0.581. The van der Waals surface area contributed by atoms with Gasteiger partial charge in [-0.15, -0.1) is 0 Å². The lowest BCUT2D eigenvalue weighted by Gasteiger charge is -2.06. The maximum Gasteiger partial charge on any atom is 0.337 e. The third-order valence-electron chi connectivity index (χ3n) is 3.52. The second-order valence-corrected chi connectivity index (χ2v) is 5.26. The van der Waals surface area contributed by atoms with E-state index >= 15 is 0 Å². The summed E-state index contributed by atoms with van der Waals surface area (Å²) in [6, 6.07) is 11.2. The van der Waals surface area contributed by atoms with Crippen LogP contribution < -0.4 is 10.3 Å². The molecule has 1 aromatic heterocycles. The highest BCUT2D eigenvalue weighted by Gasteiger charge is 2.10. The summed E-state index contributed by atoms with van der Waals surface area (Å²) < 4.78 is 9.62. The van der Waals surface area contributed by atoms with Gasteiger partial charge < -0.3 is 14.5 Å². The number of fused-ring (bicyclic) bond motifs is 1. The standard InChI is InChI=1S/C18H14N2O5/c1-10(21)25-13-7-8-15-14(9-13)17(22)20-16(19-15)11-3-5-12(6-4-11)18(23)24-2/h3-9H,1-2H3,(H,19,20,22). The molecule has 126 valence electrons. The molecule has 2 aromatic carbocycles. The minimum atomic E-state index is -0.467. The Balaban J connectivity index is 2.02. The largest absolute Gasteiger partial charge is 0.465 e. The van der Waals surface area contributed by atoms with Crippen LogP contribution >= 0.6 is 0 Å². The molecule has 0 atom stereocenters. The number of hydrogen-bond acceptors (Lipinski definition) is 6. The Hall–Kier alpha value is -3.48. The Morgan fingerprint density at radius 1 is 1.08 bits per heavy atom. The van der Waals surface area contributed by atoms with Gasteiger partial charge in [0, 0.05) is 12.5 Å². The summed E-state index contributed by atoms with van der Waals surface area (Å²) in [5.74, 6) is -0.257. The summed E-state index contributed by atoms with van der Waals surface area (Å²) in [7, 11) is 1.31. The summed E-state index contributed by atoms with van der Waals surface area (Å²) in [4.78, 5) is 41.9. The monoisotopic (exact) mass is 338 g/mol. The lowest BCUT2D eigenvalue weighted by atomic mass is 10.1. The second-order valence-electron chi connectivity index (χ2n) is 5.26. The van der Waals surface area contributed by atoms with Gasteiger partial charge in [0.1, 0.15) is 11.6 Å². The molecule has 0 saturated carbocycles. The Morgan fingerprint density at radius 3 is 2.44 bits per heavy atom. The van der Waals surface area contributed by atoms with Crippen LogP contribution in [0.1, 0.15) is 17.3 Å². The van der Waals surface area contributed by atoms with Crippen LogP contribution in [-0.4, -0.2) is 29.0 Å². The third-order valence-corrected chi connectivity index (χ3v) is 3.52. The van der Waals surface area contributed by atoms with Gasteiger partial charge >= 0.3 is 11.9 Å². The highest BCUT2D eigenvalue weighted by molar-refractivity contribution is 5.90. The number of nitrogens with zero attached hydrogens (tertiary/aromatic N) is 1. The molecule has 3 rings (SSSR count). The van der Waals surface area contributed by atoms with E-state index in [0.29, 0.717) is 27.9 Å². The number of carbonyl (C=O) groups excluding carboxylic acids is 2. The molecule has 1 N–H and O–H groups in total. The fourth-order valence-corrected chi connectivity index (χ4v) is 2.37. The van der Waals surface area contributed by atoms with Crippen LogP contribution in [0.15, 0.2) is 47.3 Å². The Bertz CT molecular complexity index is 1020. The van der Waals surface area contributed by atoms with Crippen LogP contribution in [0.5, 0.6) is 5.75 Å². The number of H-pyrrole nitrogens is 1. The molecule has 7 nitrogen and oxygen atoms in total. The summed E-state index contributed by atoms with van der Waals surface area (Å²) in [5.41, 5.74) is 1.16. The van der Waals surface area contributed by atoms with Crippen LogP contribution in [0.2, 0.25) is 0 Å². The van der Waals surface area contributed by atoms with E-state index in [9.17, 15) is 14.4 Å². The zero-order valence-electron chi connectivity index (χ0n) is 13.5. The molecule has 0 unspecified atom stereocenters. The Morgan fingerprint density at radius 2 is 1.80 bits per heavy atom. The van der Waals surface area contributed by atoms with Gasteiger partial charge in [-0.1, -0.05) is 12.1 Å². The highest BCUT2D eigenvalue weighted by Crippen LogP contribution is 2.20. The van der Waals surface area contributed by atoms with Gasteiger partial charge in [0.15, 0.2) is 0 Å². The average molecular weight is 338 g/mol. The molecule has 0 aliphatic heterocycles. The maximum atomic E-state index is 12.3. The van der Waals surface area contributed by atoms with E-state index in [1.807, 2.05) is 0 Å². The van der Waals surface area contributed by atoms with E-state index in [0.717, 1.165) is 0 Å². The van der Waals surface area contributed by atoms with Crippen LogP contribution in [0.3, 0.4) is 0 Å². The lowest BCUT2D eigenvalue weighted by molar-refractivity contribution is -0.131. The molecule has 0 aliphatic rings. The van der Waals surface area contributed by atoms with E-state index in [-0.39, 0.29) is 11.3 Å². The van der Waals surface area contributed by atoms with Crippen molar-refractivity contribution >= 4 is 22.8 Å². The number of methoxy groups -OCH3 is 1. The van der Waals surface area contributed by atoms with E-state index in [1.165, 1.54) is 20.1 Å². The molecule has 0 aliphatic carbocycles.